The first kappa shape index (κ1) is 15.9. The van der Waals surface area contributed by atoms with Gasteiger partial charge in [-0.2, -0.15) is 0 Å². The van der Waals surface area contributed by atoms with Crippen LogP contribution in [0.15, 0.2) is 51.1 Å². The average Bonchev–Trinajstić information content (AvgIpc) is 3.19. The van der Waals surface area contributed by atoms with Gasteiger partial charge in [-0.25, -0.2) is 9.36 Å². The summed E-state index contributed by atoms with van der Waals surface area (Å²) in [4.78, 5) is 35.9. The molecule has 2 aromatic heterocycles. The predicted molar refractivity (Wildman–Crippen MR) is 89.2 cm³/mol. The Morgan fingerprint density at radius 2 is 2.00 bits per heavy atom. The summed E-state index contributed by atoms with van der Waals surface area (Å²) in [5.74, 6) is -0.823. The highest BCUT2D eigenvalue weighted by atomic mass is 32.1. The van der Waals surface area contributed by atoms with Gasteiger partial charge in [0.05, 0.1) is 4.88 Å². The Hall–Kier alpha value is -3.00. The van der Waals surface area contributed by atoms with Crippen LogP contribution in [0.2, 0.25) is 0 Å². The van der Waals surface area contributed by atoms with E-state index >= 15 is 0 Å². The summed E-state index contributed by atoms with van der Waals surface area (Å²) in [6.07, 6.45) is 0. The van der Waals surface area contributed by atoms with Gasteiger partial charge < -0.3 is 5.32 Å². The van der Waals surface area contributed by atoms with Crippen molar-refractivity contribution < 1.29 is 14.1 Å². The Morgan fingerprint density at radius 3 is 2.62 bits per heavy atom. The highest BCUT2D eigenvalue weighted by molar-refractivity contribution is 7.13. The molecule has 1 aromatic carbocycles. The van der Waals surface area contributed by atoms with E-state index in [4.69, 9.17) is 0 Å². The number of ketones is 1. The van der Waals surface area contributed by atoms with Crippen molar-refractivity contribution in [1.29, 1.82) is 0 Å². The molecule has 0 bridgehead atoms. The highest BCUT2D eigenvalue weighted by Gasteiger charge is 2.16. The SMILES string of the molecule is CC(=O)c1ccc(NC(=O)Cn2c(-c3cccs3)noc2=O)cc1. The van der Waals surface area contributed by atoms with E-state index in [-0.39, 0.29) is 12.3 Å². The fourth-order valence-electron chi connectivity index (χ4n) is 2.12. The second-order valence-corrected chi connectivity index (χ2v) is 5.96. The summed E-state index contributed by atoms with van der Waals surface area (Å²) in [7, 11) is 0. The second kappa shape index (κ2) is 6.63. The van der Waals surface area contributed by atoms with Gasteiger partial charge in [0.25, 0.3) is 0 Å². The summed E-state index contributed by atoms with van der Waals surface area (Å²) in [5.41, 5.74) is 1.09. The van der Waals surface area contributed by atoms with Gasteiger partial charge in [-0.3, -0.25) is 14.1 Å². The van der Waals surface area contributed by atoms with E-state index in [1.54, 1.807) is 30.3 Å². The van der Waals surface area contributed by atoms with Gasteiger partial charge in [-0.1, -0.05) is 11.2 Å². The van der Waals surface area contributed by atoms with Crippen molar-refractivity contribution >= 4 is 28.7 Å². The molecule has 8 heteroatoms. The van der Waals surface area contributed by atoms with Crippen LogP contribution < -0.4 is 11.1 Å². The number of nitrogens with zero attached hydrogens (tertiary/aromatic N) is 2. The third-order valence-electron chi connectivity index (χ3n) is 3.30. The van der Waals surface area contributed by atoms with Crippen molar-refractivity contribution in [3.05, 3.63) is 57.9 Å². The van der Waals surface area contributed by atoms with Crippen LogP contribution >= 0.6 is 11.3 Å². The zero-order valence-corrected chi connectivity index (χ0v) is 13.5. The second-order valence-electron chi connectivity index (χ2n) is 5.02. The van der Waals surface area contributed by atoms with Crippen molar-refractivity contribution in [2.75, 3.05) is 5.32 Å². The molecule has 0 aliphatic rings. The number of hydrogen-bond donors (Lipinski definition) is 1. The maximum Gasteiger partial charge on any atom is 0.442 e. The molecule has 0 aliphatic carbocycles. The van der Waals surface area contributed by atoms with Crippen molar-refractivity contribution in [3.63, 3.8) is 0 Å². The molecule has 3 aromatic rings. The first-order chi connectivity index (χ1) is 11.5. The number of carbonyl (C=O) groups is 2. The average molecular weight is 343 g/mol. The molecule has 1 amide bonds. The Kier molecular flexibility index (Phi) is 4.39. The first-order valence-electron chi connectivity index (χ1n) is 7.06. The summed E-state index contributed by atoms with van der Waals surface area (Å²) in [6, 6.07) is 10.1. The molecule has 0 atom stereocenters. The van der Waals surface area contributed by atoms with E-state index in [1.807, 2.05) is 11.4 Å². The Labute approximate surface area is 140 Å². The standard InChI is InChI=1S/C16H13N3O4S/c1-10(20)11-4-6-12(7-5-11)17-14(21)9-19-15(18-23-16(19)22)13-3-2-8-24-13/h2-8H,9H2,1H3,(H,17,21). The van der Waals surface area contributed by atoms with E-state index in [1.165, 1.54) is 22.8 Å². The quantitative estimate of drug-likeness (QED) is 0.718. The fourth-order valence-corrected chi connectivity index (χ4v) is 2.84. The molecule has 2 heterocycles. The number of Topliss-reactive ketones (excluding diaryl/α,β-unsaturated/α-hetero) is 1. The number of thiophene rings is 1. The molecule has 0 unspecified atom stereocenters. The lowest BCUT2D eigenvalue weighted by Gasteiger charge is -2.06. The van der Waals surface area contributed by atoms with E-state index < -0.39 is 11.7 Å². The third kappa shape index (κ3) is 3.33. The predicted octanol–water partition coefficient (Wildman–Crippen LogP) is 2.41. The number of benzene rings is 1. The van der Waals surface area contributed by atoms with Gasteiger partial charge in [-0.05, 0) is 42.6 Å². The number of amides is 1. The summed E-state index contributed by atoms with van der Waals surface area (Å²) >= 11 is 1.39. The van der Waals surface area contributed by atoms with Gasteiger partial charge in [0.1, 0.15) is 6.54 Å². The zero-order valence-electron chi connectivity index (χ0n) is 12.7. The molecule has 0 radical (unpaired) electrons. The highest BCUT2D eigenvalue weighted by Crippen LogP contribution is 2.21. The Morgan fingerprint density at radius 1 is 1.25 bits per heavy atom. The first-order valence-corrected chi connectivity index (χ1v) is 7.94. The maximum absolute atomic E-state index is 12.2. The number of aromatic nitrogens is 2. The summed E-state index contributed by atoms with van der Waals surface area (Å²) in [6.45, 7) is 1.25. The monoisotopic (exact) mass is 343 g/mol. The molecular weight excluding hydrogens is 330 g/mol. The van der Waals surface area contributed by atoms with Crippen LogP contribution in [0, 0.1) is 0 Å². The lowest BCUT2D eigenvalue weighted by molar-refractivity contribution is -0.116. The van der Waals surface area contributed by atoms with Gasteiger partial charge in [0, 0.05) is 11.3 Å². The van der Waals surface area contributed by atoms with Crippen LogP contribution in [-0.4, -0.2) is 21.4 Å². The molecule has 0 fully saturated rings. The number of nitrogens with one attached hydrogen (secondary N) is 1. The number of anilines is 1. The Balaban J connectivity index is 1.75. The normalized spacial score (nSPS) is 10.5. The molecule has 3 rings (SSSR count). The van der Waals surface area contributed by atoms with Crippen molar-refractivity contribution in [1.82, 2.24) is 9.72 Å². The number of rotatable bonds is 5. The number of hydrogen-bond acceptors (Lipinski definition) is 6. The molecule has 24 heavy (non-hydrogen) atoms. The van der Waals surface area contributed by atoms with E-state index in [0.29, 0.717) is 17.1 Å². The van der Waals surface area contributed by atoms with E-state index in [0.717, 1.165) is 4.88 Å². The van der Waals surface area contributed by atoms with Gasteiger partial charge >= 0.3 is 5.76 Å². The van der Waals surface area contributed by atoms with E-state index in [9.17, 15) is 14.4 Å². The number of carbonyl (C=O) groups excluding carboxylic acids is 2. The van der Waals surface area contributed by atoms with Crippen LogP contribution in [0.5, 0.6) is 0 Å². The van der Waals surface area contributed by atoms with Crippen LogP contribution in [-0.2, 0) is 11.3 Å². The van der Waals surface area contributed by atoms with Crippen LogP contribution in [0.3, 0.4) is 0 Å². The molecule has 0 spiro atoms. The largest absolute Gasteiger partial charge is 0.442 e. The molecule has 0 saturated heterocycles. The van der Waals surface area contributed by atoms with Crippen LogP contribution in [0.1, 0.15) is 17.3 Å². The summed E-state index contributed by atoms with van der Waals surface area (Å²) < 4.78 is 5.83. The minimum absolute atomic E-state index is 0.0514. The topological polar surface area (TPSA) is 94.2 Å². The molecule has 122 valence electrons. The Bertz CT molecular complexity index is 923. The lowest BCUT2D eigenvalue weighted by atomic mass is 10.1. The molecule has 0 saturated carbocycles. The van der Waals surface area contributed by atoms with Crippen LogP contribution in [0.4, 0.5) is 5.69 Å². The fraction of sp³-hybridized carbons (Fsp3) is 0.125. The molecule has 0 aliphatic heterocycles. The third-order valence-corrected chi connectivity index (χ3v) is 4.17. The van der Waals surface area contributed by atoms with Gasteiger partial charge in [-0.15, -0.1) is 11.3 Å². The minimum Gasteiger partial charge on any atom is -0.325 e. The van der Waals surface area contributed by atoms with Gasteiger partial charge in [0.2, 0.25) is 5.91 Å². The molecular formula is C16H13N3O4S. The minimum atomic E-state index is -0.694. The molecule has 1 N–H and O–H groups in total. The van der Waals surface area contributed by atoms with Crippen molar-refractivity contribution in [2.45, 2.75) is 13.5 Å². The van der Waals surface area contributed by atoms with E-state index in [2.05, 4.69) is 15.0 Å². The van der Waals surface area contributed by atoms with Crippen molar-refractivity contribution in [3.8, 4) is 10.7 Å². The summed E-state index contributed by atoms with van der Waals surface area (Å²) in [5, 5.41) is 8.23. The van der Waals surface area contributed by atoms with Crippen molar-refractivity contribution in [2.24, 2.45) is 0 Å². The zero-order chi connectivity index (χ0) is 17.1. The molecule has 7 nitrogen and oxygen atoms in total. The lowest BCUT2D eigenvalue weighted by Crippen LogP contribution is -2.25. The maximum atomic E-state index is 12.2. The van der Waals surface area contributed by atoms with Crippen LogP contribution in [0.25, 0.3) is 10.7 Å². The van der Waals surface area contributed by atoms with Gasteiger partial charge in [0.15, 0.2) is 11.6 Å². The smallest absolute Gasteiger partial charge is 0.325 e.